The summed E-state index contributed by atoms with van der Waals surface area (Å²) in [7, 11) is 0. The molecular formula is C14H19NO2S. The fourth-order valence-electron chi connectivity index (χ4n) is 2.54. The summed E-state index contributed by atoms with van der Waals surface area (Å²) in [6.07, 6.45) is 4.96. The highest BCUT2D eigenvalue weighted by Gasteiger charge is 2.23. The van der Waals surface area contributed by atoms with E-state index >= 15 is 0 Å². The number of hydrogen-bond acceptors (Lipinski definition) is 4. The van der Waals surface area contributed by atoms with E-state index in [0.29, 0.717) is 24.5 Å². The molecule has 98 valence electrons. The summed E-state index contributed by atoms with van der Waals surface area (Å²) in [6.45, 7) is 1.29. The molecule has 0 spiro atoms. The minimum absolute atomic E-state index is 0.331. The van der Waals surface area contributed by atoms with Gasteiger partial charge in [0.2, 0.25) is 0 Å². The molecule has 1 saturated carbocycles. The zero-order chi connectivity index (χ0) is 12.4. The number of ether oxygens (including phenoxy) is 2. The van der Waals surface area contributed by atoms with Crippen LogP contribution in [-0.4, -0.2) is 24.5 Å². The SMILES string of the molecule is NC1CCCCC1Sc1ccc2c(c1)OCCO2. The van der Waals surface area contributed by atoms with E-state index in [1.807, 2.05) is 17.8 Å². The molecule has 1 heterocycles. The molecule has 0 bridgehead atoms. The first-order chi connectivity index (χ1) is 8.83. The molecule has 3 rings (SSSR count). The third-order valence-corrected chi connectivity index (χ3v) is 4.97. The molecule has 1 fully saturated rings. The van der Waals surface area contributed by atoms with Gasteiger partial charge in [0.25, 0.3) is 0 Å². The summed E-state index contributed by atoms with van der Waals surface area (Å²) in [5, 5.41) is 0.543. The van der Waals surface area contributed by atoms with Gasteiger partial charge in [-0.05, 0) is 31.0 Å². The van der Waals surface area contributed by atoms with Crippen molar-refractivity contribution in [3.8, 4) is 11.5 Å². The normalized spacial score (nSPS) is 26.9. The van der Waals surface area contributed by atoms with Gasteiger partial charge in [-0.1, -0.05) is 12.8 Å². The van der Waals surface area contributed by atoms with E-state index in [9.17, 15) is 0 Å². The molecule has 1 aliphatic heterocycles. The van der Waals surface area contributed by atoms with Crippen LogP contribution in [0.1, 0.15) is 25.7 Å². The van der Waals surface area contributed by atoms with Crippen LogP contribution in [0.4, 0.5) is 0 Å². The van der Waals surface area contributed by atoms with E-state index in [1.54, 1.807) is 0 Å². The summed E-state index contributed by atoms with van der Waals surface area (Å²) in [5.74, 6) is 1.73. The van der Waals surface area contributed by atoms with Gasteiger partial charge in [-0.15, -0.1) is 11.8 Å². The maximum absolute atomic E-state index is 6.19. The summed E-state index contributed by atoms with van der Waals surface area (Å²) in [4.78, 5) is 1.24. The van der Waals surface area contributed by atoms with Crippen LogP contribution in [0.25, 0.3) is 0 Å². The summed E-state index contributed by atoms with van der Waals surface area (Å²) in [6, 6.07) is 6.53. The molecule has 0 aromatic heterocycles. The molecule has 0 amide bonds. The Kier molecular flexibility index (Phi) is 3.66. The van der Waals surface area contributed by atoms with Gasteiger partial charge >= 0.3 is 0 Å². The quantitative estimate of drug-likeness (QED) is 0.893. The lowest BCUT2D eigenvalue weighted by molar-refractivity contribution is 0.171. The summed E-state index contributed by atoms with van der Waals surface area (Å²) < 4.78 is 11.1. The second-order valence-corrected chi connectivity index (χ2v) is 6.22. The molecule has 1 aliphatic carbocycles. The molecule has 2 unspecified atom stereocenters. The predicted molar refractivity (Wildman–Crippen MR) is 73.5 cm³/mol. The van der Waals surface area contributed by atoms with Gasteiger partial charge in [0, 0.05) is 16.2 Å². The van der Waals surface area contributed by atoms with Crippen LogP contribution in [0.15, 0.2) is 23.1 Å². The minimum Gasteiger partial charge on any atom is -0.486 e. The number of nitrogens with two attached hydrogens (primary N) is 1. The molecule has 2 N–H and O–H groups in total. The average Bonchev–Trinajstić information content (AvgIpc) is 2.41. The van der Waals surface area contributed by atoms with Crippen molar-refractivity contribution in [2.75, 3.05) is 13.2 Å². The van der Waals surface area contributed by atoms with Gasteiger partial charge in [-0.3, -0.25) is 0 Å². The Labute approximate surface area is 112 Å². The Morgan fingerprint density at radius 1 is 1.06 bits per heavy atom. The Morgan fingerprint density at radius 2 is 1.83 bits per heavy atom. The van der Waals surface area contributed by atoms with E-state index in [1.165, 1.54) is 24.2 Å². The molecule has 2 atom stereocenters. The van der Waals surface area contributed by atoms with Crippen molar-refractivity contribution in [1.82, 2.24) is 0 Å². The van der Waals surface area contributed by atoms with Crippen LogP contribution in [0.3, 0.4) is 0 Å². The maximum atomic E-state index is 6.19. The first-order valence-electron chi connectivity index (χ1n) is 6.65. The van der Waals surface area contributed by atoms with E-state index in [0.717, 1.165) is 17.9 Å². The topological polar surface area (TPSA) is 44.5 Å². The molecule has 2 aliphatic rings. The summed E-state index contributed by atoms with van der Waals surface area (Å²) >= 11 is 1.88. The van der Waals surface area contributed by atoms with Crippen molar-refractivity contribution in [3.05, 3.63) is 18.2 Å². The Balaban J connectivity index is 1.72. The first kappa shape index (κ1) is 12.2. The van der Waals surface area contributed by atoms with Gasteiger partial charge in [-0.2, -0.15) is 0 Å². The van der Waals surface area contributed by atoms with Gasteiger partial charge in [0.05, 0.1) is 0 Å². The Hall–Kier alpha value is -0.870. The fraction of sp³-hybridized carbons (Fsp3) is 0.571. The third kappa shape index (κ3) is 2.59. The minimum atomic E-state index is 0.331. The van der Waals surface area contributed by atoms with Crippen LogP contribution < -0.4 is 15.2 Å². The van der Waals surface area contributed by atoms with Crippen molar-refractivity contribution in [1.29, 1.82) is 0 Å². The molecule has 1 aromatic rings. The van der Waals surface area contributed by atoms with Crippen LogP contribution in [-0.2, 0) is 0 Å². The predicted octanol–water partition coefficient (Wildman–Crippen LogP) is 2.82. The van der Waals surface area contributed by atoms with Gasteiger partial charge < -0.3 is 15.2 Å². The van der Waals surface area contributed by atoms with Crippen LogP contribution in [0.5, 0.6) is 11.5 Å². The molecule has 0 radical (unpaired) electrons. The molecule has 3 nitrogen and oxygen atoms in total. The molecule has 4 heteroatoms. The smallest absolute Gasteiger partial charge is 0.162 e. The largest absolute Gasteiger partial charge is 0.486 e. The van der Waals surface area contributed by atoms with E-state index in [4.69, 9.17) is 15.2 Å². The Bertz CT molecular complexity index is 424. The summed E-state index contributed by atoms with van der Waals surface area (Å²) in [5.41, 5.74) is 6.19. The standard InChI is InChI=1S/C14H19NO2S/c15-11-3-1-2-4-14(11)18-10-5-6-12-13(9-10)17-8-7-16-12/h5-6,9,11,14H,1-4,7-8,15H2. The van der Waals surface area contributed by atoms with E-state index in [2.05, 4.69) is 12.1 Å². The first-order valence-corrected chi connectivity index (χ1v) is 7.53. The zero-order valence-corrected chi connectivity index (χ0v) is 11.2. The zero-order valence-electron chi connectivity index (χ0n) is 10.4. The van der Waals surface area contributed by atoms with Gasteiger partial charge in [0.15, 0.2) is 11.5 Å². The lowest BCUT2D eigenvalue weighted by Crippen LogP contribution is -2.35. The Morgan fingerprint density at radius 3 is 2.67 bits per heavy atom. The maximum Gasteiger partial charge on any atom is 0.162 e. The molecule has 1 aromatic carbocycles. The lowest BCUT2D eigenvalue weighted by Gasteiger charge is -2.28. The second-order valence-electron chi connectivity index (χ2n) is 4.91. The van der Waals surface area contributed by atoms with Gasteiger partial charge in [0.1, 0.15) is 13.2 Å². The van der Waals surface area contributed by atoms with Crippen LogP contribution in [0, 0.1) is 0 Å². The third-order valence-electron chi connectivity index (χ3n) is 3.55. The number of hydrogen-bond donors (Lipinski definition) is 1. The van der Waals surface area contributed by atoms with Crippen molar-refractivity contribution in [3.63, 3.8) is 0 Å². The second kappa shape index (κ2) is 5.41. The number of fused-ring (bicyclic) bond motifs is 1. The van der Waals surface area contributed by atoms with Crippen LogP contribution in [0.2, 0.25) is 0 Å². The number of thioether (sulfide) groups is 1. The lowest BCUT2D eigenvalue weighted by atomic mass is 9.96. The van der Waals surface area contributed by atoms with Crippen LogP contribution >= 0.6 is 11.8 Å². The fourth-order valence-corrected chi connectivity index (χ4v) is 3.81. The average molecular weight is 265 g/mol. The van der Waals surface area contributed by atoms with E-state index < -0.39 is 0 Å². The van der Waals surface area contributed by atoms with Crippen molar-refractivity contribution < 1.29 is 9.47 Å². The number of rotatable bonds is 2. The van der Waals surface area contributed by atoms with Gasteiger partial charge in [-0.25, -0.2) is 0 Å². The van der Waals surface area contributed by atoms with Crippen molar-refractivity contribution in [2.45, 2.75) is 41.9 Å². The monoisotopic (exact) mass is 265 g/mol. The van der Waals surface area contributed by atoms with Crippen molar-refractivity contribution in [2.24, 2.45) is 5.73 Å². The van der Waals surface area contributed by atoms with E-state index in [-0.39, 0.29) is 0 Å². The molecule has 0 saturated heterocycles. The molecular weight excluding hydrogens is 246 g/mol. The highest BCUT2D eigenvalue weighted by atomic mass is 32.2. The highest BCUT2D eigenvalue weighted by Crippen LogP contribution is 2.38. The molecule has 18 heavy (non-hydrogen) atoms. The number of benzene rings is 1. The van der Waals surface area contributed by atoms with Crippen molar-refractivity contribution >= 4 is 11.8 Å². The highest BCUT2D eigenvalue weighted by molar-refractivity contribution is 8.00.